The number of rotatable bonds is 5. The fourth-order valence-corrected chi connectivity index (χ4v) is 3.98. The molecule has 1 aliphatic rings. The van der Waals surface area contributed by atoms with Crippen molar-refractivity contribution < 1.29 is 14.3 Å². The van der Waals surface area contributed by atoms with Crippen LogP contribution in [0.4, 0.5) is 5.69 Å². The molecule has 0 radical (unpaired) electrons. The number of amides is 2. The number of carbonyl (C=O) groups excluding carboxylic acids is 2. The van der Waals surface area contributed by atoms with E-state index >= 15 is 0 Å². The molecule has 0 aliphatic carbocycles. The van der Waals surface area contributed by atoms with Crippen molar-refractivity contribution >= 4 is 28.8 Å². The molecule has 6 nitrogen and oxygen atoms in total. The zero-order chi connectivity index (χ0) is 20.1. The molecule has 3 aromatic rings. The third-order valence-electron chi connectivity index (χ3n) is 4.61. The summed E-state index contributed by atoms with van der Waals surface area (Å²) in [6, 6.07) is 16.9. The molecule has 1 N–H and O–H groups in total. The molecular weight excluding hydrogens is 386 g/mol. The lowest BCUT2D eigenvalue weighted by molar-refractivity contribution is -0.115. The Morgan fingerprint density at radius 1 is 1.07 bits per heavy atom. The van der Waals surface area contributed by atoms with Crippen LogP contribution in [0.15, 0.2) is 60.0 Å². The van der Waals surface area contributed by atoms with Crippen LogP contribution in [0.2, 0.25) is 0 Å². The van der Waals surface area contributed by atoms with Crippen LogP contribution in [0.5, 0.6) is 0 Å². The molecule has 2 amide bonds. The Kier molecular flexibility index (Phi) is 5.97. The van der Waals surface area contributed by atoms with Gasteiger partial charge in [0, 0.05) is 35.3 Å². The van der Waals surface area contributed by atoms with Gasteiger partial charge in [0.1, 0.15) is 5.01 Å². The van der Waals surface area contributed by atoms with Crippen molar-refractivity contribution in [3.63, 3.8) is 0 Å². The molecule has 29 heavy (non-hydrogen) atoms. The van der Waals surface area contributed by atoms with Crippen LogP contribution < -0.4 is 5.32 Å². The number of hydrogen-bond donors (Lipinski definition) is 1. The first-order chi connectivity index (χ1) is 14.2. The van der Waals surface area contributed by atoms with E-state index in [1.165, 1.54) is 11.3 Å². The number of morpholine rings is 1. The largest absolute Gasteiger partial charge is 0.378 e. The number of thiazole rings is 1. The number of benzene rings is 2. The highest BCUT2D eigenvalue weighted by Crippen LogP contribution is 2.23. The van der Waals surface area contributed by atoms with Crippen molar-refractivity contribution in [2.24, 2.45) is 0 Å². The second-order valence-electron chi connectivity index (χ2n) is 6.72. The molecule has 0 bridgehead atoms. The molecule has 0 saturated carbocycles. The first-order valence-electron chi connectivity index (χ1n) is 9.46. The van der Waals surface area contributed by atoms with Gasteiger partial charge in [-0.3, -0.25) is 9.59 Å². The number of ether oxygens (including phenoxy) is 1. The number of anilines is 1. The Hall–Kier alpha value is -3.03. The summed E-state index contributed by atoms with van der Waals surface area (Å²) < 4.78 is 5.29. The monoisotopic (exact) mass is 407 g/mol. The zero-order valence-electron chi connectivity index (χ0n) is 15.8. The highest BCUT2D eigenvalue weighted by atomic mass is 32.1. The van der Waals surface area contributed by atoms with Crippen molar-refractivity contribution in [3.8, 4) is 10.6 Å². The van der Waals surface area contributed by atoms with Crippen LogP contribution in [0.25, 0.3) is 10.6 Å². The molecule has 2 aromatic carbocycles. The summed E-state index contributed by atoms with van der Waals surface area (Å²) in [7, 11) is 0. The van der Waals surface area contributed by atoms with Gasteiger partial charge >= 0.3 is 0 Å². The van der Waals surface area contributed by atoms with Gasteiger partial charge < -0.3 is 15.0 Å². The number of nitrogens with zero attached hydrogens (tertiary/aromatic N) is 2. The van der Waals surface area contributed by atoms with Gasteiger partial charge in [-0.1, -0.05) is 36.4 Å². The van der Waals surface area contributed by atoms with Crippen molar-refractivity contribution in [2.45, 2.75) is 6.42 Å². The molecule has 2 heterocycles. The van der Waals surface area contributed by atoms with E-state index < -0.39 is 0 Å². The van der Waals surface area contributed by atoms with Crippen LogP contribution in [0.1, 0.15) is 16.1 Å². The van der Waals surface area contributed by atoms with Crippen molar-refractivity contribution in [1.82, 2.24) is 9.88 Å². The van der Waals surface area contributed by atoms with E-state index in [2.05, 4.69) is 10.3 Å². The average Bonchev–Trinajstić information content (AvgIpc) is 3.23. The standard InChI is InChI=1S/C22H21N3O3S/c26-20(14-19-15-29-21(24-19)16-5-2-1-3-6-16)23-18-8-4-7-17(13-18)22(27)25-9-11-28-12-10-25/h1-8,13,15H,9-12,14H2,(H,23,26). The maximum Gasteiger partial charge on any atom is 0.254 e. The van der Waals surface area contributed by atoms with Gasteiger partial charge in [0.05, 0.1) is 25.3 Å². The molecule has 1 saturated heterocycles. The Morgan fingerprint density at radius 3 is 2.66 bits per heavy atom. The van der Waals surface area contributed by atoms with E-state index in [1.807, 2.05) is 35.7 Å². The van der Waals surface area contributed by atoms with Gasteiger partial charge in [0.2, 0.25) is 5.91 Å². The van der Waals surface area contributed by atoms with E-state index in [-0.39, 0.29) is 18.2 Å². The summed E-state index contributed by atoms with van der Waals surface area (Å²) in [6.07, 6.45) is 0.185. The normalized spacial score (nSPS) is 13.9. The molecule has 1 fully saturated rings. The predicted octanol–water partition coefficient (Wildman–Crippen LogP) is 3.46. The van der Waals surface area contributed by atoms with Gasteiger partial charge in [0.25, 0.3) is 5.91 Å². The third-order valence-corrected chi connectivity index (χ3v) is 5.55. The molecule has 0 unspecified atom stereocenters. The maximum atomic E-state index is 12.6. The number of hydrogen-bond acceptors (Lipinski definition) is 5. The number of nitrogens with one attached hydrogen (secondary N) is 1. The molecule has 1 aliphatic heterocycles. The predicted molar refractivity (Wildman–Crippen MR) is 113 cm³/mol. The second kappa shape index (κ2) is 8.98. The minimum atomic E-state index is -0.161. The van der Waals surface area contributed by atoms with E-state index in [0.717, 1.165) is 16.3 Å². The highest BCUT2D eigenvalue weighted by molar-refractivity contribution is 7.13. The summed E-state index contributed by atoms with van der Waals surface area (Å²) >= 11 is 1.52. The minimum absolute atomic E-state index is 0.0450. The topological polar surface area (TPSA) is 71.5 Å². The van der Waals surface area contributed by atoms with E-state index in [1.54, 1.807) is 29.2 Å². The lowest BCUT2D eigenvalue weighted by Gasteiger charge is -2.27. The van der Waals surface area contributed by atoms with Gasteiger partial charge in [-0.05, 0) is 18.2 Å². The molecule has 1 aromatic heterocycles. The van der Waals surface area contributed by atoms with Gasteiger partial charge in [0.15, 0.2) is 0 Å². The second-order valence-corrected chi connectivity index (χ2v) is 7.58. The molecule has 0 spiro atoms. The Labute approximate surface area is 173 Å². The van der Waals surface area contributed by atoms with E-state index in [9.17, 15) is 9.59 Å². The summed E-state index contributed by atoms with van der Waals surface area (Å²) in [5.74, 6) is -0.206. The lowest BCUT2D eigenvalue weighted by atomic mass is 10.1. The smallest absolute Gasteiger partial charge is 0.254 e. The van der Waals surface area contributed by atoms with E-state index in [0.29, 0.717) is 37.6 Å². The quantitative estimate of drug-likeness (QED) is 0.703. The first-order valence-corrected chi connectivity index (χ1v) is 10.3. The molecule has 7 heteroatoms. The SMILES string of the molecule is O=C(Cc1csc(-c2ccccc2)n1)Nc1cccc(C(=O)N2CCOCC2)c1. The summed E-state index contributed by atoms with van der Waals surface area (Å²) in [5, 5.41) is 5.67. The molecule has 0 atom stereocenters. The molecule has 4 rings (SSSR count). The summed E-state index contributed by atoms with van der Waals surface area (Å²) in [6.45, 7) is 2.29. The fraction of sp³-hybridized carbons (Fsp3) is 0.227. The lowest BCUT2D eigenvalue weighted by Crippen LogP contribution is -2.40. The van der Waals surface area contributed by atoms with Crippen molar-refractivity contribution in [2.75, 3.05) is 31.6 Å². The molecule has 148 valence electrons. The van der Waals surface area contributed by atoms with Crippen molar-refractivity contribution in [3.05, 3.63) is 71.2 Å². The third kappa shape index (κ3) is 4.88. The number of carbonyl (C=O) groups is 2. The summed E-state index contributed by atoms with van der Waals surface area (Å²) in [5.41, 5.74) is 2.93. The maximum absolute atomic E-state index is 12.6. The Morgan fingerprint density at radius 2 is 1.86 bits per heavy atom. The number of aromatic nitrogens is 1. The Balaban J connectivity index is 1.39. The zero-order valence-corrected chi connectivity index (χ0v) is 16.7. The summed E-state index contributed by atoms with van der Waals surface area (Å²) in [4.78, 5) is 31.4. The van der Waals surface area contributed by atoms with Gasteiger partial charge in [-0.15, -0.1) is 11.3 Å². The average molecular weight is 407 g/mol. The van der Waals surface area contributed by atoms with Crippen LogP contribution in [-0.2, 0) is 16.0 Å². The minimum Gasteiger partial charge on any atom is -0.378 e. The van der Waals surface area contributed by atoms with Gasteiger partial charge in [-0.2, -0.15) is 0 Å². The van der Waals surface area contributed by atoms with Crippen LogP contribution in [0.3, 0.4) is 0 Å². The fourth-order valence-electron chi connectivity index (χ4n) is 3.15. The van der Waals surface area contributed by atoms with Crippen molar-refractivity contribution in [1.29, 1.82) is 0 Å². The van der Waals surface area contributed by atoms with E-state index in [4.69, 9.17) is 4.74 Å². The highest BCUT2D eigenvalue weighted by Gasteiger charge is 2.19. The van der Waals surface area contributed by atoms with Crippen LogP contribution in [0, 0.1) is 0 Å². The Bertz CT molecular complexity index is 997. The van der Waals surface area contributed by atoms with Crippen LogP contribution in [-0.4, -0.2) is 48.0 Å². The first kappa shape index (κ1) is 19.3. The van der Waals surface area contributed by atoms with Gasteiger partial charge in [-0.25, -0.2) is 4.98 Å². The molecular formula is C22H21N3O3S. The van der Waals surface area contributed by atoms with Crippen LogP contribution >= 0.6 is 11.3 Å².